The van der Waals surface area contributed by atoms with E-state index < -0.39 is 5.41 Å². The maximum atomic E-state index is 12.6. The third kappa shape index (κ3) is 5.13. The molecule has 6 heteroatoms. The van der Waals surface area contributed by atoms with Crippen molar-refractivity contribution < 1.29 is 4.79 Å². The van der Waals surface area contributed by atoms with E-state index >= 15 is 0 Å². The monoisotopic (exact) mass is 436 g/mol. The molecule has 31 heavy (non-hydrogen) atoms. The first-order valence-electron chi connectivity index (χ1n) is 11.0. The number of fused-ring (bicyclic) bond motifs is 1. The van der Waals surface area contributed by atoms with Crippen molar-refractivity contribution in [1.82, 2.24) is 14.7 Å². The smallest absolute Gasteiger partial charge is 0.252 e. The minimum absolute atomic E-state index is 0.0108. The summed E-state index contributed by atoms with van der Waals surface area (Å²) in [5, 5.41) is 9.05. The van der Waals surface area contributed by atoms with Gasteiger partial charge in [-0.15, -0.1) is 11.8 Å². The number of hydrogen-bond donors (Lipinski definition) is 1. The van der Waals surface area contributed by atoms with Crippen molar-refractivity contribution in [3.05, 3.63) is 54.2 Å². The van der Waals surface area contributed by atoms with E-state index in [1.807, 2.05) is 26.8 Å². The Kier molecular flexibility index (Phi) is 6.39. The van der Waals surface area contributed by atoms with Gasteiger partial charge in [-0.05, 0) is 61.5 Å². The van der Waals surface area contributed by atoms with Gasteiger partial charge in [0.15, 0.2) is 0 Å². The van der Waals surface area contributed by atoms with Crippen LogP contribution in [-0.2, 0) is 6.54 Å². The molecule has 1 atom stereocenters. The van der Waals surface area contributed by atoms with Crippen LogP contribution >= 0.6 is 11.8 Å². The predicted molar refractivity (Wildman–Crippen MR) is 130 cm³/mol. The highest BCUT2D eigenvalue weighted by atomic mass is 32.2. The highest BCUT2D eigenvalue weighted by molar-refractivity contribution is 7.98. The number of carbonyl (C=O) groups is 1. The molecule has 0 aliphatic carbocycles. The maximum Gasteiger partial charge on any atom is 0.252 e. The molecule has 3 aromatic rings. The molecule has 0 saturated carbocycles. The van der Waals surface area contributed by atoms with Crippen LogP contribution in [0, 0.1) is 5.41 Å². The Balaban J connectivity index is 1.41. The zero-order chi connectivity index (χ0) is 22.0. The Hall–Kier alpha value is -2.31. The molecule has 0 spiro atoms. The second kappa shape index (κ2) is 9.05. The van der Waals surface area contributed by atoms with Crippen LogP contribution in [0.3, 0.4) is 0 Å². The van der Waals surface area contributed by atoms with Gasteiger partial charge in [0.2, 0.25) is 0 Å². The summed E-state index contributed by atoms with van der Waals surface area (Å²) in [4.78, 5) is 16.5. The van der Waals surface area contributed by atoms with E-state index in [0.29, 0.717) is 6.04 Å². The molecular weight excluding hydrogens is 404 g/mol. The third-order valence-electron chi connectivity index (χ3n) is 5.84. The minimum Gasteiger partial charge on any atom is -0.381 e. The van der Waals surface area contributed by atoms with Gasteiger partial charge in [-0.25, -0.2) is 0 Å². The van der Waals surface area contributed by atoms with E-state index in [-0.39, 0.29) is 5.91 Å². The van der Waals surface area contributed by atoms with Gasteiger partial charge in [0, 0.05) is 40.5 Å². The molecule has 2 heterocycles. The molecule has 0 radical (unpaired) electrons. The number of rotatable bonds is 5. The van der Waals surface area contributed by atoms with Crippen LogP contribution in [0.1, 0.15) is 44.0 Å². The van der Waals surface area contributed by atoms with E-state index in [4.69, 9.17) is 0 Å². The fourth-order valence-electron chi connectivity index (χ4n) is 4.14. The van der Waals surface area contributed by atoms with Crippen molar-refractivity contribution in [3.8, 4) is 0 Å². The van der Waals surface area contributed by atoms with Gasteiger partial charge in [0.05, 0.1) is 11.7 Å². The van der Waals surface area contributed by atoms with E-state index in [2.05, 4.69) is 58.0 Å². The number of aromatic nitrogens is 2. The lowest BCUT2D eigenvalue weighted by Crippen LogP contribution is -2.41. The first-order valence-corrected chi connectivity index (χ1v) is 12.2. The average Bonchev–Trinajstić information content (AvgIpc) is 3.16. The SMILES string of the molecule is CSc1ccc(CN2CCCC(Nc3ccc4c(cnn4C(=O)C(C)(C)C)c3)C2)cc1. The highest BCUT2D eigenvalue weighted by Gasteiger charge is 2.25. The van der Waals surface area contributed by atoms with Gasteiger partial charge in [0.25, 0.3) is 5.91 Å². The number of carbonyl (C=O) groups excluding carboxylic acids is 1. The summed E-state index contributed by atoms with van der Waals surface area (Å²) in [6.45, 7) is 8.93. The molecule has 1 aromatic heterocycles. The highest BCUT2D eigenvalue weighted by Crippen LogP contribution is 2.25. The van der Waals surface area contributed by atoms with Gasteiger partial charge < -0.3 is 5.32 Å². The molecule has 1 aliphatic rings. The van der Waals surface area contributed by atoms with Crippen molar-refractivity contribution >= 4 is 34.3 Å². The molecule has 1 fully saturated rings. The minimum atomic E-state index is -0.461. The molecule has 1 N–H and O–H groups in total. The molecule has 2 aromatic carbocycles. The maximum absolute atomic E-state index is 12.6. The van der Waals surface area contributed by atoms with Crippen LogP contribution < -0.4 is 5.32 Å². The van der Waals surface area contributed by atoms with Crippen LogP contribution in [0.15, 0.2) is 53.6 Å². The standard InChI is InChI=1S/C25H32N4OS/c1-25(2,3)24(30)29-23-12-9-20(14-19(23)15-26-29)27-21-6-5-13-28(17-21)16-18-7-10-22(31-4)11-8-18/h7-12,14-15,21,27H,5-6,13,16-17H2,1-4H3. The molecule has 1 saturated heterocycles. The Morgan fingerprint density at radius 1 is 1.19 bits per heavy atom. The topological polar surface area (TPSA) is 50.2 Å². The fraction of sp³-hybridized carbons (Fsp3) is 0.440. The molecule has 1 aliphatic heterocycles. The number of nitrogens with zero attached hydrogens (tertiary/aromatic N) is 3. The van der Waals surface area contributed by atoms with Crippen LogP contribution in [0.5, 0.6) is 0 Å². The van der Waals surface area contributed by atoms with Gasteiger partial charge in [-0.2, -0.15) is 9.78 Å². The second-order valence-electron chi connectivity index (χ2n) is 9.45. The summed E-state index contributed by atoms with van der Waals surface area (Å²) in [6, 6.07) is 15.5. The summed E-state index contributed by atoms with van der Waals surface area (Å²) in [5.41, 5.74) is 2.86. The van der Waals surface area contributed by atoms with Crippen molar-refractivity contribution in [2.75, 3.05) is 24.7 Å². The predicted octanol–water partition coefficient (Wildman–Crippen LogP) is 5.52. The molecule has 1 unspecified atom stereocenters. The first-order chi connectivity index (χ1) is 14.8. The van der Waals surface area contributed by atoms with Crippen LogP contribution in [0.25, 0.3) is 10.9 Å². The van der Waals surface area contributed by atoms with Crippen molar-refractivity contribution in [1.29, 1.82) is 0 Å². The zero-order valence-corrected chi connectivity index (χ0v) is 19.7. The lowest BCUT2D eigenvalue weighted by atomic mass is 9.96. The molecular formula is C25H32N4OS. The number of likely N-dealkylation sites (tertiary alicyclic amines) is 1. The summed E-state index contributed by atoms with van der Waals surface area (Å²) < 4.78 is 1.53. The fourth-order valence-corrected chi connectivity index (χ4v) is 4.55. The molecule has 0 bridgehead atoms. The molecule has 164 valence electrons. The summed E-state index contributed by atoms with van der Waals surface area (Å²) in [5.74, 6) is 0.0108. The van der Waals surface area contributed by atoms with Crippen molar-refractivity contribution in [2.24, 2.45) is 5.41 Å². The quantitative estimate of drug-likeness (QED) is 0.534. The van der Waals surface area contributed by atoms with Crippen LogP contribution in [-0.4, -0.2) is 46.0 Å². The number of thioether (sulfide) groups is 1. The summed E-state index contributed by atoms with van der Waals surface area (Å²) in [6.07, 6.45) is 6.26. The third-order valence-corrected chi connectivity index (χ3v) is 6.59. The second-order valence-corrected chi connectivity index (χ2v) is 10.3. The molecule has 4 rings (SSSR count). The first kappa shape index (κ1) is 21.9. The Morgan fingerprint density at radius 3 is 2.68 bits per heavy atom. The molecule has 5 nitrogen and oxygen atoms in total. The van der Waals surface area contributed by atoms with Gasteiger partial charge in [-0.1, -0.05) is 32.9 Å². The van der Waals surface area contributed by atoms with Crippen LogP contribution in [0.2, 0.25) is 0 Å². The lowest BCUT2D eigenvalue weighted by molar-refractivity contribution is 0.0755. The van der Waals surface area contributed by atoms with Gasteiger partial charge in [0.1, 0.15) is 0 Å². The number of piperidine rings is 1. The van der Waals surface area contributed by atoms with E-state index in [0.717, 1.165) is 36.2 Å². The number of hydrogen-bond acceptors (Lipinski definition) is 5. The van der Waals surface area contributed by atoms with E-state index in [1.54, 1.807) is 18.0 Å². The van der Waals surface area contributed by atoms with Crippen LogP contribution in [0.4, 0.5) is 5.69 Å². The number of anilines is 1. The molecule has 0 amide bonds. The average molecular weight is 437 g/mol. The Labute approximate surface area is 189 Å². The Morgan fingerprint density at radius 2 is 1.97 bits per heavy atom. The van der Waals surface area contributed by atoms with Gasteiger partial charge >= 0.3 is 0 Å². The summed E-state index contributed by atoms with van der Waals surface area (Å²) in [7, 11) is 0. The van der Waals surface area contributed by atoms with E-state index in [9.17, 15) is 4.79 Å². The largest absolute Gasteiger partial charge is 0.381 e. The van der Waals surface area contributed by atoms with E-state index in [1.165, 1.54) is 28.0 Å². The Bertz CT molecular complexity index is 1050. The lowest BCUT2D eigenvalue weighted by Gasteiger charge is -2.33. The number of nitrogens with one attached hydrogen (secondary N) is 1. The summed E-state index contributed by atoms with van der Waals surface area (Å²) >= 11 is 1.78. The van der Waals surface area contributed by atoms with Gasteiger partial charge in [-0.3, -0.25) is 9.69 Å². The number of benzene rings is 2. The normalized spacial score (nSPS) is 17.7. The zero-order valence-electron chi connectivity index (χ0n) is 18.9. The van der Waals surface area contributed by atoms with Crippen molar-refractivity contribution in [3.63, 3.8) is 0 Å². The van der Waals surface area contributed by atoms with Crippen molar-refractivity contribution in [2.45, 2.75) is 51.1 Å².